The number of nitrogens with zero attached hydrogens (tertiary/aromatic N) is 1. The van der Waals surface area contributed by atoms with Crippen molar-refractivity contribution in [3.8, 4) is 0 Å². The van der Waals surface area contributed by atoms with E-state index >= 15 is 0 Å². The number of ether oxygens (including phenoxy) is 1. The van der Waals surface area contributed by atoms with E-state index in [1.807, 2.05) is 0 Å². The van der Waals surface area contributed by atoms with E-state index in [4.69, 9.17) is 10.5 Å². The highest BCUT2D eigenvalue weighted by Gasteiger charge is 2.36. The van der Waals surface area contributed by atoms with Crippen LogP contribution in [0.1, 0.15) is 20.3 Å². The molecule has 0 bridgehead atoms. The minimum absolute atomic E-state index is 0.375. The van der Waals surface area contributed by atoms with Gasteiger partial charge in [0.2, 0.25) is 0 Å². The molecular formula is C10H20N2O. The predicted octanol–water partition coefficient (Wildman–Crippen LogP) is 0.443. The van der Waals surface area contributed by atoms with E-state index in [9.17, 15) is 0 Å². The van der Waals surface area contributed by atoms with Gasteiger partial charge in [0.1, 0.15) is 0 Å². The van der Waals surface area contributed by atoms with Gasteiger partial charge in [0.05, 0.1) is 12.7 Å². The van der Waals surface area contributed by atoms with Gasteiger partial charge in [-0.2, -0.15) is 0 Å². The Balaban J connectivity index is 1.93. The lowest BCUT2D eigenvalue weighted by atomic mass is 10.0. The van der Waals surface area contributed by atoms with Crippen LogP contribution in [0.25, 0.3) is 0 Å². The lowest BCUT2D eigenvalue weighted by Gasteiger charge is -2.36. The molecule has 2 heterocycles. The summed E-state index contributed by atoms with van der Waals surface area (Å²) in [7, 11) is 0. The van der Waals surface area contributed by atoms with Gasteiger partial charge in [0.15, 0.2) is 0 Å². The number of hydrogen-bond acceptors (Lipinski definition) is 3. The highest BCUT2D eigenvalue weighted by atomic mass is 16.5. The van der Waals surface area contributed by atoms with Crippen molar-refractivity contribution in [1.29, 1.82) is 0 Å². The van der Waals surface area contributed by atoms with E-state index < -0.39 is 0 Å². The largest absolute Gasteiger partial charge is 0.375 e. The molecule has 0 spiro atoms. The first-order chi connectivity index (χ1) is 6.16. The molecule has 0 amide bonds. The average Bonchev–Trinajstić information content (AvgIpc) is 2.42. The Morgan fingerprint density at radius 3 is 2.85 bits per heavy atom. The second kappa shape index (κ2) is 3.56. The number of morpholine rings is 1. The summed E-state index contributed by atoms with van der Waals surface area (Å²) in [5.74, 6) is 0.623. The quantitative estimate of drug-likeness (QED) is 0.643. The molecule has 2 N–H and O–H groups in total. The zero-order chi connectivity index (χ0) is 9.42. The highest BCUT2D eigenvalue weighted by Crippen LogP contribution is 2.24. The van der Waals surface area contributed by atoms with Crippen molar-refractivity contribution in [2.45, 2.75) is 38.5 Å². The molecule has 0 aromatic heterocycles. The molecule has 2 fully saturated rings. The van der Waals surface area contributed by atoms with Gasteiger partial charge in [0, 0.05) is 25.2 Å². The molecule has 2 aliphatic heterocycles. The van der Waals surface area contributed by atoms with Gasteiger partial charge in [-0.15, -0.1) is 0 Å². The van der Waals surface area contributed by atoms with Crippen LogP contribution in [0, 0.1) is 5.92 Å². The molecule has 0 saturated carbocycles. The smallest absolute Gasteiger partial charge is 0.0725 e. The molecule has 0 aromatic rings. The van der Waals surface area contributed by atoms with E-state index in [0.29, 0.717) is 24.1 Å². The summed E-state index contributed by atoms with van der Waals surface area (Å²) in [6.45, 7) is 7.48. The third-order valence-corrected chi connectivity index (χ3v) is 3.22. The number of rotatable bonds is 1. The van der Waals surface area contributed by atoms with Gasteiger partial charge < -0.3 is 10.5 Å². The Morgan fingerprint density at radius 1 is 1.38 bits per heavy atom. The van der Waals surface area contributed by atoms with Crippen LogP contribution in [0.2, 0.25) is 0 Å². The monoisotopic (exact) mass is 184 g/mol. The molecule has 0 radical (unpaired) electrons. The second-order valence-electron chi connectivity index (χ2n) is 4.72. The molecule has 2 saturated heterocycles. The summed E-state index contributed by atoms with van der Waals surface area (Å²) in [5.41, 5.74) is 5.92. The maximum absolute atomic E-state index is 5.92. The van der Waals surface area contributed by atoms with Gasteiger partial charge in [-0.3, -0.25) is 4.90 Å². The third-order valence-electron chi connectivity index (χ3n) is 3.22. The molecule has 3 heteroatoms. The van der Waals surface area contributed by atoms with Gasteiger partial charge in [-0.25, -0.2) is 0 Å². The van der Waals surface area contributed by atoms with Crippen molar-refractivity contribution in [2.24, 2.45) is 11.7 Å². The van der Waals surface area contributed by atoms with Crippen LogP contribution in [0.5, 0.6) is 0 Å². The summed E-state index contributed by atoms with van der Waals surface area (Å²) in [6, 6.07) is 0.976. The summed E-state index contributed by atoms with van der Waals surface area (Å²) >= 11 is 0. The Hall–Kier alpha value is -0.120. The number of fused-ring (bicyclic) bond motifs is 1. The lowest BCUT2D eigenvalue weighted by Crippen LogP contribution is -2.48. The SMILES string of the molecule is CC(C)[C@@H]1CN2C[C@@H](N)C[C@H]2CO1. The molecule has 3 atom stereocenters. The van der Waals surface area contributed by atoms with E-state index in [-0.39, 0.29) is 0 Å². The van der Waals surface area contributed by atoms with Crippen molar-refractivity contribution in [1.82, 2.24) is 4.90 Å². The zero-order valence-electron chi connectivity index (χ0n) is 8.57. The Bertz CT molecular complexity index is 184. The average molecular weight is 184 g/mol. The summed E-state index contributed by atoms with van der Waals surface area (Å²) in [5, 5.41) is 0. The molecule has 76 valence electrons. The number of nitrogens with two attached hydrogens (primary N) is 1. The van der Waals surface area contributed by atoms with Gasteiger partial charge in [-0.05, 0) is 12.3 Å². The normalized spacial score (nSPS) is 41.1. The van der Waals surface area contributed by atoms with Crippen LogP contribution >= 0.6 is 0 Å². The third kappa shape index (κ3) is 1.87. The fraction of sp³-hybridized carbons (Fsp3) is 1.00. The first-order valence-electron chi connectivity index (χ1n) is 5.28. The van der Waals surface area contributed by atoms with Gasteiger partial charge in [-0.1, -0.05) is 13.8 Å². The standard InChI is InChI=1S/C10H20N2O/c1-7(2)10-5-12-4-8(11)3-9(12)6-13-10/h7-10H,3-6,11H2,1-2H3/t8-,9-,10-/m0/s1. The van der Waals surface area contributed by atoms with Crippen LogP contribution in [-0.2, 0) is 4.74 Å². The van der Waals surface area contributed by atoms with Crippen molar-refractivity contribution in [2.75, 3.05) is 19.7 Å². The summed E-state index contributed by atoms with van der Waals surface area (Å²) in [6.07, 6.45) is 1.53. The van der Waals surface area contributed by atoms with Crippen molar-refractivity contribution < 1.29 is 4.74 Å². The topological polar surface area (TPSA) is 38.5 Å². The first kappa shape index (κ1) is 9.44. The van der Waals surface area contributed by atoms with E-state index in [2.05, 4.69) is 18.7 Å². The van der Waals surface area contributed by atoms with Crippen LogP contribution in [0.4, 0.5) is 0 Å². The molecule has 0 aromatic carbocycles. The molecular weight excluding hydrogens is 164 g/mol. The summed E-state index contributed by atoms with van der Waals surface area (Å²) in [4.78, 5) is 2.50. The van der Waals surface area contributed by atoms with Crippen molar-refractivity contribution in [3.63, 3.8) is 0 Å². The van der Waals surface area contributed by atoms with Crippen molar-refractivity contribution in [3.05, 3.63) is 0 Å². The highest BCUT2D eigenvalue weighted by molar-refractivity contribution is 4.91. The van der Waals surface area contributed by atoms with E-state index in [1.165, 1.54) is 0 Å². The Morgan fingerprint density at radius 2 is 2.15 bits per heavy atom. The van der Waals surface area contributed by atoms with Crippen molar-refractivity contribution >= 4 is 0 Å². The predicted molar refractivity (Wildman–Crippen MR) is 52.5 cm³/mol. The van der Waals surface area contributed by atoms with E-state index in [1.54, 1.807) is 0 Å². The van der Waals surface area contributed by atoms with Gasteiger partial charge >= 0.3 is 0 Å². The van der Waals surface area contributed by atoms with E-state index in [0.717, 1.165) is 26.1 Å². The van der Waals surface area contributed by atoms with Crippen LogP contribution in [0.3, 0.4) is 0 Å². The second-order valence-corrected chi connectivity index (χ2v) is 4.72. The fourth-order valence-electron chi connectivity index (χ4n) is 2.34. The van der Waals surface area contributed by atoms with Crippen LogP contribution < -0.4 is 5.73 Å². The number of hydrogen-bond donors (Lipinski definition) is 1. The minimum Gasteiger partial charge on any atom is -0.375 e. The summed E-state index contributed by atoms with van der Waals surface area (Å²) < 4.78 is 5.80. The maximum Gasteiger partial charge on any atom is 0.0725 e. The van der Waals surface area contributed by atoms with Crippen LogP contribution in [-0.4, -0.2) is 42.8 Å². The molecule has 0 unspecified atom stereocenters. The maximum atomic E-state index is 5.92. The minimum atomic E-state index is 0.375. The zero-order valence-corrected chi connectivity index (χ0v) is 8.57. The Kier molecular flexibility index (Phi) is 2.58. The molecule has 13 heavy (non-hydrogen) atoms. The molecule has 2 rings (SSSR count). The van der Waals surface area contributed by atoms with Gasteiger partial charge in [0.25, 0.3) is 0 Å². The lowest BCUT2D eigenvalue weighted by molar-refractivity contribution is -0.0683. The van der Waals surface area contributed by atoms with Crippen LogP contribution in [0.15, 0.2) is 0 Å². The molecule has 3 nitrogen and oxygen atoms in total. The Labute approximate surface area is 80.2 Å². The molecule has 2 aliphatic rings. The first-order valence-corrected chi connectivity index (χ1v) is 5.28. The fourth-order valence-corrected chi connectivity index (χ4v) is 2.34. The molecule has 0 aliphatic carbocycles.